The van der Waals surface area contributed by atoms with Gasteiger partial charge in [-0.25, -0.2) is 0 Å². The number of fused-ring (bicyclic) bond motifs is 1. The molecule has 1 aliphatic carbocycles. The molecule has 2 atom stereocenters. The SMILES string of the molecule is Cc1nn(C)cc1-c1ccc(Cn2cc(C(=O)N[C@H]3CCC[C@@H]3O)c(=O)c3ccccc32)cc1. The average molecular weight is 457 g/mol. The highest BCUT2D eigenvalue weighted by Crippen LogP contribution is 2.24. The molecule has 4 aromatic rings. The molecule has 2 aromatic carbocycles. The molecule has 174 valence electrons. The number of aryl methyl sites for hydroxylation is 2. The number of carbonyl (C=O) groups excluding carboxylic acids is 1. The number of pyridine rings is 1. The zero-order valence-corrected chi connectivity index (χ0v) is 19.4. The Balaban J connectivity index is 1.48. The fourth-order valence-electron chi connectivity index (χ4n) is 4.86. The Bertz CT molecular complexity index is 1420. The maximum absolute atomic E-state index is 13.1. The molecule has 0 aliphatic heterocycles. The highest BCUT2D eigenvalue weighted by atomic mass is 16.3. The van der Waals surface area contributed by atoms with E-state index in [-0.39, 0.29) is 17.0 Å². The first-order chi connectivity index (χ1) is 16.4. The minimum atomic E-state index is -0.561. The molecule has 0 radical (unpaired) electrons. The predicted molar refractivity (Wildman–Crippen MR) is 132 cm³/mol. The van der Waals surface area contributed by atoms with Crippen LogP contribution in [0.15, 0.2) is 65.7 Å². The molecule has 1 fully saturated rings. The molecule has 2 heterocycles. The number of carbonyl (C=O) groups is 1. The summed E-state index contributed by atoms with van der Waals surface area (Å²) in [4.78, 5) is 26.1. The van der Waals surface area contributed by atoms with Crippen molar-refractivity contribution in [1.82, 2.24) is 19.7 Å². The molecular formula is C27H28N4O3. The summed E-state index contributed by atoms with van der Waals surface area (Å²) in [6, 6.07) is 15.3. The van der Waals surface area contributed by atoms with Crippen molar-refractivity contribution in [2.24, 2.45) is 7.05 Å². The van der Waals surface area contributed by atoms with Crippen LogP contribution in [0.5, 0.6) is 0 Å². The highest BCUT2D eigenvalue weighted by Gasteiger charge is 2.28. The van der Waals surface area contributed by atoms with E-state index in [1.54, 1.807) is 12.3 Å². The molecule has 1 aliphatic rings. The van der Waals surface area contributed by atoms with Gasteiger partial charge in [-0.2, -0.15) is 5.10 Å². The van der Waals surface area contributed by atoms with E-state index >= 15 is 0 Å². The van der Waals surface area contributed by atoms with Crippen LogP contribution in [0, 0.1) is 6.92 Å². The van der Waals surface area contributed by atoms with Crippen molar-refractivity contribution < 1.29 is 9.90 Å². The van der Waals surface area contributed by atoms with Crippen molar-refractivity contribution in [1.29, 1.82) is 0 Å². The molecule has 2 aromatic heterocycles. The van der Waals surface area contributed by atoms with Gasteiger partial charge in [0.15, 0.2) is 0 Å². The smallest absolute Gasteiger partial charge is 0.257 e. The summed E-state index contributed by atoms with van der Waals surface area (Å²) in [5, 5.41) is 17.9. The van der Waals surface area contributed by atoms with E-state index in [0.717, 1.165) is 40.7 Å². The summed E-state index contributed by atoms with van der Waals surface area (Å²) in [6.45, 7) is 2.51. The van der Waals surface area contributed by atoms with Crippen LogP contribution >= 0.6 is 0 Å². The van der Waals surface area contributed by atoms with Crippen molar-refractivity contribution in [3.8, 4) is 11.1 Å². The van der Waals surface area contributed by atoms with Gasteiger partial charge in [-0.3, -0.25) is 14.3 Å². The molecule has 1 saturated carbocycles. The second kappa shape index (κ2) is 8.91. The number of hydrogen-bond donors (Lipinski definition) is 2. The lowest BCUT2D eigenvalue weighted by molar-refractivity contribution is 0.0871. The van der Waals surface area contributed by atoms with Crippen molar-refractivity contribution in [3.63, 3.8) is 0 Å². The Hall–Kier alpha value is -3.71. The molecular weight excluding hydrogens is 428 g/mol. The third kappa shape index (κ3) is 4.15. The Morgan fingerprint density at radius 1 is 1.12 bits per heavy atom. The van der Waals surface area contributed by atoms with E-state index in [0.29, 0.717) is 18.4 Å². The third-order valence-electron chi connectivity index (χ3n) is 6.66. The van der Waals surface area contributed by atoms with Crippen LogP contribution in [0.4, 0.5) is 0 Å². The van der Waals surface area contributed by atoms with Crippen molar-refractivity contribution in [2.45, 2.75) is 44.9 Å². The van der Waals surface area contributed by atoms with Gasteiger partial charge in [0.25, 0.3) is 5.91 Å². The fraction of sp³-hybridized carbons (Fsp3) is 0.296. The number of nitrogens with one attached hydrogen (secondary N) is 1. The van der Waals surface area contributed by atoms with Crippen LogP contribution in [0.2, 0.25) is 0 Å². The van der Waals surface area contributed by atoms with Gasteiger partial charge >= 0.3 is 0 Å². The highest BCUT2D eigenvalue weighted by molar-refractivity contribution is 5.97. The molecule has 0 spiro atoms. The zero-order chi connectivity index (χ0) is 23.8. The number of nitrogens with zero attached hydrogens (tertiary/aromatic N) is 3. The summed E-state index contributed by atoms with van der Waals surface area (Å²) in [5.41, 5.74) is 4.79. The number of rotatable bonds is 5. The largest absolute Gasteiger partial charge is 0.391 e. The first-order valence-corrected chi connectivity index (χ1v) is 11.6. The molecule has 0 unspecified atom stereocenters. The second-order valence-electron chi connectivity index (χ2n) is 9.09. The lowest BCUT2D eigenvalue weighted by Gasteiger charge is -2.18. The zero-order valence-electron chi connectivity index (χ0n) is 19.4. The van der Waals surface area contributed by atoms with Crippen LogP contribution in [-0.2, 0) is 13.6 Å². The van der Waals surface area contributed by atoms with Gasteiger partial charge in [-0.15, -0.1) is 0 Å². The molecule has 7 nitrogen and oxygen atoms in total. The summed E-state index contributed by atoms with van der Waals surface area (Å²) in [7, 11) is 1.91. The van der Waals surface area contributed by atoms with Crippen molar-refractivity contribution in [2.75, 3.05) is 0 Å². The molecule has 0 bridgehead atoms. The van der Waals surface area contributed by atoms with Crippen LogP contribution in [-0.4, -0.2) is 37.5 Å². The minimum absolute atomic E-state index is 0.0976. The van der Waals surface area contributed by atoms with E-state index in [2.05, 4.69) is 34.7 Å². The monoisotopic (exact) mass is 456 g/mol. The lowest BCUT2D eigenvalue weighted by atomic mass is 10.0. The van der Waals surface area contributed by atoms with E-state index in [4.69, 9.17) is 0 Å². The normalized spacial score (nSPS) is 17.9. The molecule has 0 saturated heterocycles. The summed E-state index contributed by atoms with van der Waals surface area (Å²) in [5.74, 6) is -0.433. The number of hydrogen-bond acceptors (Lipinski definition) is 4. The quantitative estimate of drug-likeness (QED) is 0.482. The lowest BCUT2D eigenvalue weighted by Crippen LogP contribution is -2.41. The van der Waals surface area contributed by atoms with Gasteiger partial charge in [-0.05, 0) is 49.4 Å². The summed E-state index contributed by atoms with van der Waals surface area (Å²) in [6.07, 6.45) is 5.34. The van der Waals surface area contributed by atoms with Crippen LogP contribution < -0.4 is 10.7 Å². The van der Waals surface area contributed by atoms with Gasteiger partial charge in [0.2, 0.25) is 5.43 Å². The van der Waals surface area contributed by atoms with E-state index in [1.165, 1.54) is 0 Å². The van der Waals surface area contributed by atoms with Gasteiger partial charge < -0.3 is 15.0 Å². The predicted octanol–water partition coefficient (Wildman–Crippen LogP) is 3.40. The van der Waals surface area contributed by atoms with Crippen molar-refractivity contribution in [3.05, 3.63) is 88.0 Å². The maximum atomic E-state index is 13.1. The Labute approximate surface area is 197 Å². The van der Waals surface area contributed by atoms with E-state index in [1.807, 2.05) is 47.6 Å². The number of amides is 1. The molecule has 34 heavy (non-hydrogen) atoms. The average Bonchev–Trinajstić information content (AvgIpc) is 3.39. The summed E-state index contributed by atoms with van der Waals surface area (Å²) >= 11 is 0. The van der Waals surface area contributed by atoms with Gasteiger partial charge in [0.1, 0.15) is 5.56 Å². The minimum Gasteiger partial charge on any atom is -0.391 e. The number of aromatic nitrogens is 3. The Morgan fingerprint density at radius 2 is 1.88 bits per heavy atom. The molecule has 7 heteroatoms. The van der Waals surface area contributed by atoms with Gasteiger partial charge in [-0.1, -0.05) is 36.4 Å². The topological polar surface area (TPSA) is 89.2 Å². The number of aliphatic hydroxyl groups excluding tert-OH is 1. The first-order valence-electron chi connectivity index (χ1n) is 11.6. The number of aliphatic hydroxyl groups is 1. The van der Waals surface area contributed by atoms with Crippen LogP contribution in [0.3, 0.4) is 0 Å². The molecule has 5 rings (SSSR count). The van der Waals surface area contributed by atoms with Gasteiger partial charge in [0.05, 0.1) is 23.4 Å². The number of para-hydroxylation sites is 1. The van der Waals surface area contributed by atoms with Crippen LogP contribution in [0.1, 0.15) is 40.9 Å². The maximum Gasteiger partial charge on any atom is 0.257 e. The van der Waals surface area contributed by atoms with E-state index < -0.39 is 12.0 Å². The first kappa shape index (κ1) is 22.1. The van der Waals surface area contributed by atoms with Crippen molar-refractivity contribution >= 4 is 16.8 Å². The van der Waals surface area contributed by atoms with Crippen LogP contribution in [0.25, 0.3) is 22.0 Å². The third-order valence-corrected chi connectivity index (χ3v) is 6.66. The Morgan fingerprint density at radius 3 is 2.56 bits per heavy atom. The standard InChI is InChI=1S/C27H28N4O3/c1-17-21(15-30(2)29-17)19-12-10-18(11-13-19)14-31-16-22(26(33)20-6-3-4-8-24(20)31)27(34)28-23-7-5-9-25(23)32/h3-4,6,8,10-13,15-16,23,25,32H,5,7,9,14H2,1-2H3,(H,28,34)/t23-,25-/m0/s1. The molecule has 1 amide bonds. The second-order valence-corrected chi connectivity index (χ2v) is 9.09. The number of benzene rings is 2. The van der Waals surface area contributed by atoms with Gasteiger partial charge in [0, 0.05) is 36.9 Å². The summed E-state index contributed by atoms with van der Waals surface area (Å²) < 4.78 is 3.75. The van der Waals surface area contributed by atoms with E-state index in [9.17, 15) is 14.7 Å². The Kier molecular flexibility index (Phi) is 5.79. The molecule has 2 N–H and O–H groups in total. The fourth-order valence-corrected chi connectivity index (χ4v) is 4.86.